The molecule has 0 radical (unpaired) electrons. The van der Waals surface area contributed by atoms with Crippen LogP contribution in [0.25, 0.3) is 11.4 Å². The third kappa shape index (κ3) is 3.10. The fourth-order valence-corrected chi connectivity index (χ4v) is 2.39. The summed E-state index contributed by atoms with van der Waals surface area (Å²) in [5.74, 6) is 0.932. The molecule has 0 fully saturated rings. The minimum atomic E-state index is -0.284. The van der Waals surface area contributed by atoms with Crippen LogP contribution in [0.1, 0.15) is 33.6 Å². The van der Waals surface area contributed by atoms with Crippen molar-refractivity contribution in [3.8, 4) is 11.4 Å². The number of aromatic amines is 1. The molecule has 0 spiro atoms. The molecule has 122 valence electrons. The summed E-state index contributed by atoms with van der Waals surface area (Å²) >= 11 is 0. The quantitative estimate of drug-likeness (QED) is 0.722. The Balaban J connectivity index is 1.83. The Morgan fingerprint density at radius 3 is 2.67 bits per heavy atom. The lowest BCUT2D eigenvalue weighted by atomic mass is 10.2. The summed E-state index contributed by atoms with van der Waals surface area (Å²) in [6, 6.07) is 8.86. The minimum absolute atomic E-state index is 0.0772. The molecule has 3 aromatic rings. The second-order valence-corrected chi connectivity index (χ2v) is 5.56. The van der Waals surface area contributed by atoms with Crippen molar-refractivity contribution >= 4 is 17.4 Å². The Morgan fingerprint density at radius 2 is 2.04 bits per heavy atom. The highest BCUT2D eigenvalue weighted by Crippen LogP contribution is 2.20. The molecular formula is C17H17N5O2. The van der Waals surface area contributed by atoms with Crippen LogP contribution in [-0.4, -0.2) is 31.4 Å². The first-order chi connectivity index (χ1) is 11.4. The van der Waals surface area contributed by atoms with Gasteiger partial charge in [-0.3, -0.25) is 14.7 Å². The number of benzene rings is 1. The maximum Gasteiger partial charge on any atom is 0.272 e. The zero-order valence-electron chi connectivity index (χ0n) is 13.6. The molecule has 2 N–H and O–H groups in total. The van der Waals surface area contributed by atoms with Crippen LogP contribution in [0.3, 0.4) is 0 Å². The van der Waals surface area contributed by atoms with Crippen molar-refractivity contribution in [1.82, 2.24) is 19.7 Å². The van der Waals surface area contributed by atoms with E-state index in [2.05, 4.69) is 20.5 Å². The number of amides is 1. The highest BCUT2D eigenvalue weighted by molar-refractivity contribution is 6.05. The Bertz CT molecular complexity index is 923. The van der Waals surface area contributed by atoms with E-state index in [0.29, 0.717) is 22.8 Å². The van der Waals surface area contributed by atoms with Crippen LogP contribution in [0.5, 0.6) is 0 Å². The van der Waals surface area contributed by atoms with Gasteiger partial charge in [0.25, 0.3) is 5.91 Å². The molecule has 2 aromatic heterocycles. The van der Waals surface area contributed by atoms with Crippen LogP contribution in [0, 0.1) is 6.92 Å². The van der Waals surface area contributed by atoms with Gasteiger partial charge in [-0.25, -0.2) is 4.98 Å². The number of hydrogen-bond donors (Lipinski definition) is 2. The first-order valence-electron chi connectivity index (χ1n) is 7.42. The Labute approximate surface area is 138 Å². The molecule has 0 saturated carbocycles. The van der Waals surface area contributed by atoms with Gasteiger partial charge in [0.05, 0.1) is 0 Å². The lowest BCUT2D eigenvalue weighted by Crippen LogP contribution is -2.15. The summed E-state index contributed by atoms with van der Waals surface area (Å²) in [5, 5.41) is 9.73. The predicted octanol–water partition coefficient (Wildman–Crippen LogP) is 2.57. The molecule has 2 heterocycles. The highest BCUT2D eigenvalue weighted by Gasteiger charge is 2.14. The predicted molar refractivity (Wildman–Crippen MR) is 89.9 cm³/mol. The number of rotatable bonds is 4. The number of Topliss-reactive ketones (excluding diaryl/α,β-unsaturated/α-hetero) is 1. The molecule has 1 amide bonds. The Morgan fingerprint density at radius 1 is 1.25 bits per heavy atom. The van der Waals surface area contributed by atoms with Crippen LogP contribution in [0.4, 0.5) is 5.69 Å². The maximum atomic E-state index is 12.4. The third-order valence-corrected chi connectivity index (χ3v) is 3.62. The smallest absolute Gasteiger partial charge is 0.272 e. The highest BCUT2D eigenvalue weighted by atomic mass is 16.2. The van der Waals surface area contributed by atoms with Crippen molar-refractivity contribution in [1.29, 1.82) is 0 Å². The number of H-pyrrole nitrogens is 1. The molecule has 7 heteroatoms. The van der Waals surface area contributed by atoms with Gasteiger partial charge in [-0.1, -0.05) is 12.1 Å². The summed E-state index contributed by atoms with van der Waals surface area (Å²) in [7, 11) is 1.73. The van der Waals surface area contributed by atoms with E-state index in [4.69, 9.17) is 0 Å². The Kier molecular flexibility index (Phi) is 3.99. The monoisotopic (exact) mass is 323 g/mol. The average Bonchev–Trinajstić information content (AvgIpc) is 3.13. The first kappa shape index (κ1) is 15.7. The van der Waals surface area contributed by atoms with Gasteiger partial charge in [0.2, 0.25) is 0 Å². The first-order valence-corrected chi connectivity index (χ1v) is 7.42. The molecule has 0 bridgehead atoms. The van der Waals surface area contributed by atoms with E-state index in [1.165, 1.54) is 6.92 Å². The lowest BCUT2D eigenvalue weighted by Gasteiger charge is -2.07. The van der Waals surface area contributed by atoms with Gasteiger partial charge in [-0.05, 0) is 32.0 Å². The zero-order chi connectivity index (χ0) is 17.3. The van der Waals surface area contributed by atoms with Crippen molar-refractivity contribution in [3.05, 3.63) is 53.6 Å². The number of nitrogens with zero attached hydrogens (tertiary/aromatic N) is 3. The Hall–Kier alpha value is -3.22. The number of carbonyl (C=O) groups excluding carboxylic acids is 2. The van der Waals surface area contributed by atoms with Gasteiger partial charge in [-0.15, -0.1) is 0 Å². The number of carbonyl (C=O) groups is 2. The normalized spacial score (nSPS) is 10.6. The van der Waals surface area contributed by atoms with E-state index in [1.807, 2.05) is 19.1 Å². The number of aryl methyl sites for hydroxylation is 2. The van der Waals surface area contributed by atoms with E-state index in [9.17, 15) is 9.59 Å². The van der Waals surface area contributed by atoms with Crippen molar-refractivity contribution in [3.63, 3.8) is 0 Å². The maximum absolute atomic E-state index is 12.4. The largest absolute Gasteiger partial charge is 0.346 e. The third-order valence-electron chi connectivity index (χ3n) is 3.62. The molecule has 0 aliphatic heterocycles. The average molecular weight is 323 g/mol. The molecule has 0 unspecified atom stereocenters. The van der Waals surface area contributed by atoms with Crippen molar-refractivity contribution in [2.45, 2.75) is 13.8 Å². The van der Waals surface area contributed by atoms with Crippen molar-refractivity contribution < 1.29 is 9.59 Å². The van der Waals surface area contributed by atoms with Crippen LogP contribution in [0.2, 0.25) is 0 Å². The zero-order valence-corrected chi connectivity index (χ0v) is 13.6. The number of anilines is 1. The second kappa shape index (κ2) is 6.11. The molecular weight excluding hydrogens is 306 g/mol. The number of ketones is 1. The van der Waals surface area contributed by atoms with Gasteiger partial charge in [0, 0.05) is 30.1 Å². The molecule has 0 aliphatic rings. The topological polar surface area (TPSA) is 92.7 Å². The van der Waals surface area contributed by atoms with Gasteiger partial charge < -0.3 is 9.88 Å². The van der Waals surface area contributed by atoms with Crippen LogP contribution in [-0.2, 0) is 7.05 Å². The van der Waals surface area contributed by atoms with Gasteiger partial charge in [0.1, 0.15) is 11.5 Å². The summed E-state index contributed by atoms with van der Waals surface area (Å²) in [4.78, 5) is 28.2. The summed E-state index contributed by atoms with van der Waals surface area (Å²) < 4.78 is 1.63. The van der Waals surface area contributed by atoms with Crippen molar-refractivity contribution in [2.75, 3.05) is 5.32 Å². The van der Waals surface area contributed by atoms with Crippen molar-refractivity contribution in [2.24, 2.45) is 7.05 Å². The molecule has 3 rings (SSSR count). The standard InChI is InChI=1S/C17H17N5O2/c1-10(23)13-8-15(22(3)9-13)17(24)19-14-6-4-5-12(7-14)16-18-11(2)20-21-16/h4-9H,1-3H3,(H,19,24)(H,18,20,21). The minimum Gasteiger partial charge on any atom is -0.346 e. The summed E-state index contributed by atoms with van der Waals surface area (Å²) in [6.45, 7) is 3.30. The van der Waals surface area contributed by atoms with E-state index < -0.39 is 0 Å². The molecule has 7 nitrogen and oxygen atoms in total. The molecule has 0 saturated heterocycles. The molecule has 0 atom stereocenters. The number of hydrogen-bond acceptors (Lipinski definition) is 4. The molecule has 24 heavy (non-hydrogen) atoms. The second-order valence-electron chi connectivity index (χ2n) is 5.56. The molecule has 0 aliphatic carbocycles. The van der Waals surface area contributed by atoms with Crippen LogP contribution >= 0.6 is 0 Å². The summed E-state index contributed by atoms with van der Waals surface area (Å²) in [6.07, 6.45) is 1.64. The number of aromatic nitrogens is 4. The summed E-state index contributed by atoms with van der Waals surface area (Å²) in [5.41, 5.74) is 2.35. The molecule has 1 aromatic carbocycles. The van der Waals surface area contributed by atoms with Gasteiger partial charge in [0.15, 0.2) is 11.6 Å². The van der Waals surface area contributed by atoms with Crippen LogP contribution in [0.15, 0.2) is 36.5 Å². The van der Waals surface area contributed by atoms with E-state index in [-0.39, 0.29) is 11.7 Å². The van der Waals surface area contributed by atoms with Crippen LogP contribution < -0.4 is 5.32 Å². The lowest BCUT2D eigenvalue weighted by molar-refractivity contribution is 0.101. The van der Waals surface area contributed by atoms with Gasteiger partial charge in [-0.2, -0.15) is 5.10 Å². The SMILES string of the molecule is CC(=O)c1cc(C(=O)Nc2cccc(-c3n[nH]c(C)n3)c2)n(C)c1. The number of nitrogens with one attached hydrogen (secondary N) is 2. The van der Waals surface area contributed by atoms with E-state index >= 15 is 0 Å². The van der Waals surface area contributed by atoms with Gasteiger partial charge >= 0.3 is 0 Å². The van der Waals surface area contributed by atoms with E-state index in [0.717, 1.165) is 11.4 Å². The van der Waals surface area contributed by atoms with E-state index in [1.54, 1.807) is 36.0 Å². The fraction of sp³-hybridized carbons (Fsp3) is 0.176. The fourth-order valence-electron chi connectivity index (χ4n) is 2.39.